The number of ether oxygens (including phenoxy) is 2. The second-order valence-corrected chi connectivity index (χ2v) is 6.93. The zero-order valence-corrected chi connectivity index (χ0v) is 16.2. The molecule has 0 fully saturated rings. The molecule has 6 heteroatoms. The van der Waals surface area contributed by atoms with Crippen molar-refractivity contribution in [2.45, 2.75) is 6.92 Å². The maximum atomic E-state index is 12.5. The Morgan fingerprint density at radius 2 is 1.83 bits per heavy atom. The molecule has 5 rings (SSSR count). The molecule has 0 atom stereocenters. The van der Waals surface area contributed by atoms with Crippen LogP contribution in [0.3, 0.4) is 0 Å². The van der Waals surface area contributed by atoms with Gasteiger partial charge in [0.1, 0.15) is 5.52 Å². The molecule has 6 nitrogen and oxygen atoms in total. The molecule has 3 aromatic carbocycles. The maximum Gasteiger partial charge on any atom is 0.513 e. The highest BCUT2D eigenvalue weighted by Crippen LogP contribution is 2.35. The van der Waals surface area contributed by atoms with Gasteiger partial charge in [-0.15, -0.1) is 0 Å². The van der Waals surface area contributed by atoms with Crippen molar-refractivity contribution in [1.29, 1.82) is 0 Å². The highest BCUT2D eigenvalue weighted by molar-refractivity contribution is 6.10. The second-order valence-electron chi connectivity index (χ2n) is 6.93. The molecule has 0 amide bonds. The number of rotatable bonds is 3. The minimum atomic E-state index is -0.808. The number of carbonyl (C=O) groups excluding carboxylic acids is 1. The number of H-pyrrole nitrogens is 2. The highest BCUT2D eigenvalue weighted by Gasteiger charge is 2.17. The fraction of sp³-hybridized carbons (Fsp3) is 0.0833. The molecule has 2 N–H and O–H groups in total. The summed E-state index contributed by atoms with van der Waals surface area (Å²) in [5.74, 6) is 0.259. The number of aromatic nitrogens is 2. The van der Waals surface area contributed by atoms with Crippen LogP contribution in [0.1, 0.15) is 6.92 Å². The molecule has 148 valence electrons. The van der Waals surface area contributed by atoms with Gasteiger partial charge >= 0.3 is 6.16 Å². The summed E-state index contributed by atoms with van der Waals surface area (Å²) in [5.41, 5.74) is 2.80. The van der Waals surface area contributed by atoms with E-state index in [1.54, 1.807) is 6.92 Å². The van der Waals surface area contributed by atoms with E-state index >= 15 is 0 Å². The lowest BCUT2D eigenvalue weighted by molar-refractivity contribution is 0.105. The first kappa shape index (κ1) is 18.0. The predicted octanol–water partition coefficient (Wildman–Crippen LogP) is 5.36. The number of aromatic amines is 2. The van der Waals surface area contributed by atoms with E-state index in [1.165, 1.54) is 6.20 Å². The topological polar surface area (TPSA) is 84.2 Å². The van der Waals surface area contributed by atoms with Crippen molar-refractivity contribution in [1.82, 2.24) is 9.97 Å². The van der Waals surface area contributed by atoms with Crippen LogP contribution < -0.4 is 10.3 Å². The number of fused-ring (bicyclic) bond motifs is 4. The Labute approximate surface area is 171 Å². The third kappa shape index (κ3) is 2.90. The smallest absolute Gasteiger partial charge is 0.434 e. The van der Waals surface area contributed by atoms with Crippen molar-refractivity contribution in [2.24, 2.45) is 0 Å². The number of pyridine rings is 1. The van der Waals surface area contributed by atoms with Gasteiger partial charge in [0.2, 0.25) is 0 Å². The lowest BCUT2D eigenvalue weighted by Crippen LogP contribution is -2.10. The lowest BCUT2D eigenvalue weighted by Gasteiger charge is -2.09. The summed E-state index contributed by atoms with van der Waals surface area (Å²) >= 11 is 0. The Kier molecular flexibility index (Phi) is 4.25. The van der Waals surface area contributed by atoms with Crippen molar-refractivity contribution in [2.75, 3.05) is 6.61 Å². The van der Waals surface area contributed by atoms with Crippen molar-refractivity contribution in [3.05, 3.63) is 77.2 Å². The monoisotopic (exact) mass is 398 g/mol. The molecule has 30 heavy (non-hydrogen) atoms. The van der Waals surface area contributed by atoms with E-state index in [2.05, 4.69) is 34.2 Å². The van der Waals surface area contributed by atoms with Crippen LogP contribution in [-0.2, 0) is 4.74 Å². The predicted molar refractivity (Wildman–Crippen MR) is 117 cm³/mol. The third-order valence-corrected chi connectivity index (χ3v) is 5.16. The minimum absolute atomic E-state index is 0.202. The van der Waals surface area contributed by atoms with Gasteiger partial charge in [-0.3, -0.25) is 4.79 Å². The van der Waals surface area contributed by atoms with Crippen LogP contribution in [-0.4, -0.2) is 22.7 Å². The van der Waals surface area contributed by atoms with Crippen LogP contribution >= 0.6 is 0 Å². The van der Waals surface area contributed by atoms with Gasteiger partial charge < -0.3 is 19.4 Å². The Hall–Kier alpha value is -4.06. The number of carbonyl (C=O) groups is 1. The summed E-state index contributed by atoms with van der Waals surface area (Å²) in [7, 11) is 0. The normalized spacial score (nSPS) is 11.2. The Balaban J connectivity index is 1.76. The largest absolute Gasteiger partial charge is 0.513 e. The average Bonchev–Trinajstić information content (AvgIpc) is 3.18. The fourth-order valence-electron chi connectivity index (χ4n) is 3.86. The van der Waals surface area contributed by atoms with Crippen molar-refractivity contribution < 1.29 is 14.3 Å². The van der Waals surface area contributed by atoms with Crippen LogP contribution in [0.15, 0.2) is 71.7 Å². The molecule has 0 unspecified atom stereocenters. The highest BCUT2D eigenvalue weighted by atomic mass is 16.7. The zero-order chi connectivity index (χ0) is 20.7. The van der Waals surface area contributed by atoms with Gasteiger partial charge in [-0.25, -0.2) is 4.79 Å². The summed E-state index contributed by atoms with van der Waals surface area (Å²) in [6.45, 7) is 1.90. The first-order valence-electron chi connectivity index (χ1n) is 9.65. The summed E-state index contributed by atoms with van der Waals surface area (Å²) in [5, 5.41) is 3.60. The first-order chi connectivity index (χ1) is 14.7. The van der Waals surface area contributed by atoms with Crippen LogP contribution in [0, 0.1) is 0 Å². The molecule has 5 aromatic rings. The number of hydrogen-bond acceptors (Lipinski definition) is 4. The molecule has 0 saturated carbocycles. The van der Waals surface area contributed by atoms with Gasteiger partial charge in [-0.05, 0) is 41.0 Å². The van der Waals surface area contributed by atoms with Crippen LogP contribution in [0.2, 0.25) is 0 Å². The van der Waals surface area contributed by atoms with E-state index in [9.17, 15) is 9.59 Å². The molecule has 0 aliphatic carbocycles. The lowest BCUT2D eigenvalue weighted by atomic mass is 9.96. The van der Waals surface area contributed by atoms with Crippen LogP contribution in [0.5, 0.6) is 5.75 Å². The molecule has 2 heterocycles. The first-order valence-corrected chi connectivity index (χ1v) is 9.65. The fourth-order valence-corrected chi connectivity index (χ4v) is 3.86. The van der Waals surface area contributed by atoms with E-state index in [1.807, 2.05) is 36.4 Å². The van der Waals surface area contributed by atoms with Crippen LogP contribution in [0.4, 0.5) is 4.79 Å². The Morgan fingerprint density at radius 3 is 2.70 bits per heavy atom. The third-order valence-electron chi connectivity index (χ3n) is 5.16. The molecule has 0 aliphatic rings. The molecule has 0 spiro atoms. The van der Waals surface area contributed by atoms with E-state index in [0.717, 1.165) is 27.3 Å². The van der Waals surface area contributed by atoms with Gasteiger partial charge in [0.25, 0.3) is 5.56 Å². The average molecular weight is 398 g/mol. The summed E-state index contributed by atoms with van der Waals surface area (Å²) < 4.78 is 10.2. The van der Waals surface area contributed by atoms with E-state index < -0.39 is 6.16 Å². The van der Waals surface area contributed by atoms with Gasteiger partial charge in [-0.2, -0.15) is 0 Å². The van der Waals surface area contributed by atoms with Gasteiger partial charge in [0, 0.05) is 17.1 Å². The molecule has 0 saturated heterocycles. The Bertz CT molecular complexity index is 1470. The van der Waals surface area contributed by atoms with Gasteiger partial charge in [-0.1, -0.05) is 48.5 Å². The van der Waals surface area contributed by atoms with E-state index in [4.69, 9.17) is 9.47 Å². The number of nitrogens with one attached hydrogen (secondary N) is 2. The standard InChI is InChI=1S/C24H18N2O4/c1-2-29-24(28)30-20-13-25-22-21(20)18-12-15(10-11-19(18)26-23(22)27)17-9-5-7-14-6-3-4-8-16(14)17/h3-13,25H,2H2,1H3,(H,26,27). The molecule has 0 radical (unpaired) electrons. The van der Waals surface area contributed by atoms with E-state index in [-0.39, 0.29) is 17.9 Å². The quantitative estimate of drug-likeness (QED) is 0.401. The molecule has 0 aliphatic heterocycles. The van der Waals surface area contributed by atoms with Gasteiger partial charge in [0.05, 0.1) is 12.0 Å². The molecular formula is C24H18N2O4. The molecular weight excluding hydrogens is 380 g/mol. The molecule has 2 aromatic heterocycles. The Morgan fingerprint density at radius 1 is 1.00 bits per heavy atom. The SMILES string of the molecule is CCOC(=O)Oc1c[nH]c2c(=O)[nH]c3ccc(-c4cccc5ccccc45)cc3c12. The summed E-state index contributed by atoms with van der Waals surface area (Å²) in [6, 6.07) is 20.2. The zero-order valence-electron chi connectivity index (χ0n) is 16.2. The maximum absolute atomic E-state index is 12.5. The second kappa shape index (κ2) is 7.08. The summed E-state index contributed by atoms with van der Waals surface area (Å²) in [4.78, 5) is 30.1. The van der Waals surface area contributed by atoms with Crippen molar-refractivity contribution >= 4 is 38.7 Å². The van der Waals surface area contributed by atoms with Crippen molar-refractivity contribution in [3.8, 4) is 16.9 Å². The van der Waals surface area contributed by atoms with E-state index in [0.29, 0.717) is 16.4 Å². The minimum Gasteiger partial charge on any atom is -0.434 e. The van der Waals surface area contributed by atoms with Crippen molar-refractivity contribution in [3.63, 3.8) is 0 Å². The summed E-state index contributed by atoms with van der Waals surface area (Å²) in [6.07, 6.45) is 0.693. The number of hydrogen-bond donors (Lipinski definition) is 2. The molecule has 0 bridgehead atoms. The number of benzene rings is 3. The van der Waals surface area contributed by atoms with Crippen LogP contribution in [0.25, 0.3) is 43.7 Å². The van der Waals surface area contributed by atoms with Gasteiger partial charge in [0.15, 0.2) is 5.75 Å².